The molecule has 0 fully saturated rings. The summed E-state index contributed by atoms with van der Waals surface area (Å²) in [6.07, 6.45) is 1.92. The molecule has 5 rings (SSSR count). The number of phenolic OH excluding ortho intramolecular Hbond substituents is 1. The van der Waals surface area contributed by atoms with Gasteiger partial charge in [0.15, 0.2) is 11.5 Å². The summed E-state index contributed by atoms with van der Waals surface area (Å²) >= 11 is 0. The van der Waals surface area contributed by atoms with Crippen LogP contribution >= 0.6 is 0 Å². The summed E-state index contributed by atoms with van der Waals surface area (Å²) in [7, 11) is 0. The molecule has 21 heavy (non-hydrogen) atoms. The third-order valence-corrected chi connectivity index (χ3v) is 4.70. The molecule has 1 aliphatic carbocycles. The minimum absolute atomic E-state index is 0.288. The van der Waals surface area contributed by atoms with Gasteiger partial charge in [0.2, 0.25) is 6.79 Å². The number of hydrogen-bond acceptors (Lipinski definition) is 4. The van der Waals surface area contributed by atoms with Gasteiger partial charge in [-0.3, -0.25) is 0 Å². The number of aromatic hydroxyl groups is 1. The standard InChI is InChI=1S/C17H15NO3/c19-11-1-2-12-10(5-11)6-13-15-9(3-4-18-13)7-14-17(16(12)15)21-8-20-14/h1-2,5,7,13,18-19H,3-4,6,8H2/t13-/m1/s1. The van der Waals surface area contributed by atoms with Gasteiger partial charge in [-0.15, -0.1) is 0 Å². The van der Waals surface area contributed by atoms with Crippen LogP contribution in [0.2, 0.25) is 0 Å². The summed E-state index contributed by atoms with van der Waals surface area (Å²) in [4.78, 5) is 0. The number of nitrogens with one attached hydrogen (secondary N) is 1. The Hall–Kier alpha value is -2.20. The average Bonchev–Trinajstić information content (AvgIpc) is 2.94. The summed E-state index contributed by atoms with van der Waals surface area (Å²) in [5, 5.41) is 13.4. The van der Waals surface area contributed by atoms with E-state index < -0.39 is 0 Å². The monoisotopic (exact) mass is 281 g/mol. The van der Waals surface area contributed by atoms with Gasteiger partial charge in [-0.05, 0) is 59.8 Å². The maximum atomic E-state index is 9.78. The molecule has 1 atom stereocenters. The van der Waals surface area contributed by atoms with E-state index in [-0.39, 0.29) is 6.79 Å². The van der Waals surface area contributed by atoms with Crippen molar-refractivity contribution >= 4 is 0 Å². The van der Waals surface area contributed by atoms with E-state index in [1.807, 2.05) is 12.1 Å². The maximum absolute atomic E-state index is 9.78. The van der Waals surface area contributed by atoms with E-state index in [9.17, 15) is 5.11 Å². The number of fused-ring (bicyclic) bond motifs is 4. The fourth-order valence-corrected chi connectivity index (χ4v) is 3.85. The van der Waals surface area contributed by atoms with Crippen molar-refractivity contribution in [1.29, 1.82) is 0 Å². The van der Waals surface area contributed by atoms with Crippen molar-refractivity contribution in [3.63, 3.8) is 0 Å². The van der Waals surface area contributed by atoms with Gasteiger partial charge < -0.3 is 19.9 Å². The van der Waals surface area contributed by atoms with Gasteiger partial charge in [0.05, 0.1) is 0 Å². The molecule has 2 aromatic rings. The number of benzene rings is 2. The highest BCUT2D eigenvalue weighted by atomic mass is 16.7. The molecule has 4 heteroatoms. The lowest BCUT2D eigenvalue weighted by molar-refractivity contribution is 0.174. The lowest BCUT2D eigenvalue weighted by Gasteiger charge is -2.34. The van der Waals surface area contributed by atoms with E-state index in [0.29, 0.717) is 11.8 Å². The molecule has 3 aliphatic rings. The minimum atomic E-state index is 0.288. The second-order valence-electron chi connectivity index (χ2n) is 5.86. The molecule has 0 saturated heterocycles. The molecular formula is C17H15NO3. The molecule has 2 N–H and O–H groups in total. The van der Waals surface area contributed by atoms with Crippen LogP contribution in [0.25, 0.3) is 11.1 Å². The van der Waals surface area contributed by atoms with Crippen LogP contribution in [-0.2, 0) is 12.8 Å². The largest absolute Gasteiger partial charge is 0.508 e. The van der Waals surface area contributed by atoms with Gasteiger partial charge >= 0.3 is 0 Å². The van der Waals surface area contributed by atoms with E-state index >= 15 is 0 Å². The van der Waals surface area contributed by atoms with Crippen molar-refractivity contribution in [3.05, 3.63) is 41.0 Å². The summed E-state index contributed by atoms with van der Waals surface area (Å²) in [5.74, 6) is 2.03. The zero-order valence-electron chi connectivity index (χ0n) is 11.5. The van der Waals surface area contributed by atoms with Crippen LogP contribution in [0.1, 0.15) is 22.7 Å². The first-order valence-electron chi connectivity index (χ1n) is 7.32. The van der Waals surface area contributed by atoms with Crippen LogP contribution in [0, 0.1) is 0 Å². The van der Waals surface area contributed by atoms with E-state index in [0.717, 1.165) is 47.6 Å². The molecule has 2 aromatic carbocycles. The van der Waals surface area contributed by atoms with Gasteiger partial charge in [-0.25, -0.2) is 0 Å². The second-order valence-corrected chi connectivity index (χ2v) is 5.86. The molecule has 0 amide bonds. The van der Waals surface area contributed by atoms with Crippen LogP contribution in [-0.4, -0.2) is 18.4 Å². The Morgan fingerprint density at radius 1 is 1.14 bits per heavy atom. The van der Waals surface area contributed by atoms with Crippen molar-refractivity contribution < 1.29 is 14.6 Å². The first-order chi connectivity index (χ1) is 10.3. The average molecular weight is 281 g/mol. The number of ether oxygens (including phenoxy) is 2. The van der Waals surface area contributed by atoms with Gasteiger partial charge in [0, 0.05) is 11.6 Å². The predicted octanol–water partition coefficient (Wildman–Crippen LogP) is 2.53. The zero-order valence-corrected chi connectivity index (χ0v) is 11.5. The highest BCUT2D eigenvalue weighted by molar-refractivity contribution is 5.84. The van der Waals surface area contributed by atoms with E-state index in [1.54, 1.807) is 6.07 Å². The van der Waals surface area contributed by atoms with E-state index in [1.165, 1.54) is 11.1 Å². The van der Waals surface area contributed by atoms with Crippen molar-refractivity contribution in [2.75, 3.05) is 13.3 Å². The Morgan fingerprint density at radius 3 is 3.05 bits per heavy atom. The summed E-state index contributed by atoms with van der Waals surface area (Å²) in [6.45, 7) is 1.27. The molecule has 2 aliphatic heterocycles. The molecule has 0 spiro atoms. The van der Waals surface area contributed by atoms with Gasteiger partial charge in [0.25, 0.3) is 0 Å². The first kappa shape index (κ1) is 11.5. The van der Waals surface area contributed by atoms with Crippen LogP contribution in [0.5, 0.6) is 17.2 Å². The molecule has 106 valence electrons. The normalized spacial score (nSPS) is 20.9. The number of hydrogen-bond donors (Lipinski definition) is 2. The third kappa shape index (κ3) is 1.48. The fraction of sp³-hybridized carbons (Fsp3) is 0.294. The number of phenols is 1. The maximum Gasteiger partial charge on any atom is 0.231 e. The number of rotatable bonds is 0. The summed E-state index contributed by atoms with van der Waals surface area (Å²) in [5.41, 5.74) is 6.18. The minimum Gasteiger partial charge on any atom is -0.508 e. The molecule has 0 bridgehead atoms. The van der Waals surface area contributed by atoms with Crippen molar-refractivity contribution in [2.45, 2.75) is 18.9 Å². The Morgan fingerprint density at radius 2 is 2.10 bits per heavy atom. The predicted molar refractivity (Wildman–Crippen MR) is 77.8 cm³/mol. The Balaban J connectivity index is 1.88. The quantitative estimate of drug-likeness (QED) is 0.779. The first-order valence-corrected chi connectivity index (χ1v) is 7.32. The van der Waals surface area contributed by atoms with Crippen LogP contribution in [0.3, 0.4) is 0 Å². The van der Waals surface area contributed by atoms with Gasteiger partial charge in [-0.2, -0.15) is 0 Å². The molecular weight excluding hydrogens is 266 g/mol. The zero-order chi connectivity index (χ0) is 14.0. The summed E-state index contributed by atoms with van der Waals surface area (Å²) in [6, 6.07) is 8.04. The lowest BCUT2D eigenvalue weighted by Crippen LogP contribution is -2.33. The van der Waals surface area contributed by atoms with Crippen LogP contribution < -0.4 is 14.8 Å². The Labute approximate surface area is 122 Å². The molecule has 0 radical (unpaired) electrons. The third-order valence-electron chi connectivity index (χ3n) is 4.70. The van der Waals surface area contributed by atoms with Crippen molar-refractivity contribution in [1.82, 2.24) is 5.32 Å². The molecule has 4 nitrogen and oxygen atoms in total. The lowest BCUT2D eigenvalue weighted by atomic mass is 9.77. The van der Waals surface area contributed by atoms with Gasteiger partial charge in [0.1, 0.15) is 5.75 Å². The SMILES string of the molecule is Oc1ccc2c(c1)C[C@H]1NCCc3cc4c(c-2c31)OCO4. The highest BCUT2D eigenvalue weighted by Crippen LogP contribution is 2.52. The molecule has 0 unspecified atom stereocenters. The van der Waals surface area contributed by atoms with Crippen LogP contribution in [0.4, 0.5) is 0 Å². The highest BCUT2D eigenvalue weighted by Gasteiger charge is 2.35. The molecule has 2 heterocycles. The van der Waals surface area contributed by atoms with E-state index in [2.05, 4.69) is 11.4 Å². The Kier molecular flexibility index (Phi) is 2.14. The molecule has 0 saturated carbocycles. The van der Waals surface area contributed by atoms with Crippen molar-refractivity contribution in [3.8, 4) is 28.4 Å². The second kappa shape index (κ2) is 3.92. The van der Waals surface area contributed by atoms with Crippen LogP contribution in [0.15, 0.2) is 24.3 Å². The smallest absolute Gasteiger partial charge is 0.231 e. The van der Waals surface area contributed by atoms with Crippen molar-refractivity contribution in [2.24, 2.45) is 0 Å². The van der Waals surface area contributed by atoms with Gasteiger partial charge in [-0.1, -0.05) is 6.07 Å². The topological polar surface area (TPSA) is 50.7 Å². The van der Waals surface area contributed by atoms with E-state index in [4.69, 9.17) is 9.47 Å². The fourth-order valence-electron chi connectivity index (χ4n) is 3.85. The summed E-state index contributed by atoms with van der Waals surface area (Å²) < 4.78 is 11.4. The molecule has 0 aromatic heterocycles. The Bertz CT molecular complexity index is 769.